The Kier molecular flexibility index (Phi) is 5.69. The predicted molar refractivity (Wildman–Crippen MR) is 62.9 cm³/mol. The first-order valence-corrected chi connectivity index (χ1v) is 5.78. The summed E-state index contributed by atoms with van der Waals surface area (Å²) in [6.45, 7) is 13.4. The third kappa shape index (κ3) is 6.37. The lowest BCUT2D eigenvalue weighted by Crippen LogP contribution is -2.39. The highest BCUT2D eigenvalue weighted by Crippen LogP contribution is 2.12. The van der Waals surface area contributed by atoms with Crippen molar-refractivity contribution in [3.63, 3.8) is 0 Å². The molecule has 15 heavy (non-hydrogen) atoms. The third-order valence-corrected chi connectivity index (χ3v) is 2.26. The van der Waals surface area contributed by atoms with Crippen LogP contribution >= 0.6 is 0 Å². The number of carbonyl (C=O) groups is 1. The molecule has 1 atom stereocenters. The van der Waals surface area contributed by atoms with E-state index in [1.54, 1.807) is 4.90 Å². The van der Waals surface area contributed by atoms with Crippen LogP contribution in [0.2, 0.25) is 0 Å². The maximum Gasteiger partial charge on any atom is 0.410 e. The third-order valence-electron chi connectivity index (χ3n) is 2.26. The fourth-order valence-corrected chi connectivity index (χ4v) is 1.16. The van der Waals surface area contributed by atoms with Gasteiger partial charge in [0.2, 0.25) is 0 Å². The fourth-order valence-electron chi connectivity index (χ4n) is 1.16. The summed E-state index contributed by atoms with van der Waals surface area (Å²) in [6, 6.07) is 0. The molecule has 0 aromatic rings. The molecule has 0 N–H and O–H groups in total. The molecule has 0 bridgehead atoms. The van der Waals surface area contributed by atoms with Crippen molar-refractivity contribution >= 4 is 6.09 Å². The first-order valence-electron chi connectivity index (χ1n) is 5.78. The molecule has 0 aliphatic rings. The minimum absolute atomic E-state index is 0.203. The summed E-state index contributed by atoms with van der Waals surface area (Å²) in [6.07, 6.45) is 0.879. The van der Waals surface area contributed by atoms with Crippen LogP contribution in [0.5, 0.6) is 0 Å². The Morgan fingerprint density at radius 1 is 1.33 bits per heavy atom. The Balaban J connectivity index is 4.23. The molecule has 0 saturated carbocycles. The minimum atomic E-state index is -0.403. The van der Waals surface area contributed by atoms with Crippen molar-refractivity contribution in [3.05, 3.63) is 0 Å². The number of hydrogen-bond donors (Lipinski definition) is 0. The van der Waals surface area contributed by atoms with Gasteiger partial charge < -0.3 is 9.64 Å². The minimum Gasteiger partial charge on any atom is -0.444 e. The molecule has 0 aromatic heterocycles. The molecule has 0 saturated heterocycles. The number of rotatable bonds is 4. The van der Waals surface area contributed by atoms with Gasteiger partial charge in [-0.3, -0.25) is 0 Å². The van der Waals surface area contributed by atoms with E-state index in [-0.39, 0.29) is 6.09 Å². The van der Waals surface area contributed by atoms with Gasteiger partial charge in [-0.2, -0.15) is 0 Å². The Bertz CT molecular complexity index is 196. The van der Waals surface area contributed by atoms with Gasteiger partial charge in [0.05, 0.1) is 0 Å². The van der Waals surface area contributed by atoms with Crippen molar-refractivity contribution in [2.45, 2.75) is 53.6 Å². The second kappa shape index (κ2) is 5.99. The largest absolute Gasteiger partial charge is 0.444 e. The van der Waals surface area contributed by atoms with E-state index in [0.717, 1.165) is 13.0 Å². The molecule has 0 aliphatic heterocycles. The average Bonchev–Trinajstić information content (AvgIpc) is 2.10. The highest BCUT2D eigenvalue weighted by Gasteiger charge is 2.21. The van der Waals surface area contributed by atoms with Gasteiger partial charge in [-0.05, 0) is 33.6 Å². The number of amides is 1. The van der Waals surface area contributed by atoms with Crippen molar-refractivity contribution in [1.82, 2.24) is 4.90 Å². The predicted octanol–water partition coefficient (Wildman–Crippen LogP) is 3.29. The van der Waals surface area contributed by atoms with E-state index in [1.165, 1.54) is 0 Å². The van der Waals surface area contributed by atoms with E-state index in [9.17, 15) is 4.79 Å². The molecule has 0 fully saturated rings. The van der Waals surface area contributed by atoms with Crippen LogP contribution in [0.25, 0.3) is 0 Å². The first-order chi connectivity index (χ1) is 6.80. The molecule has 0 heterocycles. The maximum atomic E-state index is 11.7. The van der Waals surface area contributed by atoms with E-state index in [2.05, 4.69) is 13.8 Å². The van der Waals surface area contributed by atoms with Crippen LogP contribution in [0.15, 0.2) is 0 Å². The zero-order valence-electron chi connectivity index (χ0n) is 11.0. The molecule has 3 heteroatoms. The van der Waals surface area contributed by atoms with E-state index >= 15 is 0 Å². The van der Waals surface area contributed by atoms with E-state index in [1.807, 2.05) is 27.7 Å². The van der Waals surface area contributed by atoms with E-state index < -0.39 is 5.60 Å². The van der Waals surface area contributed by atoms with Crippen LogP contribution < -0.4 is 0 Å². The molecule has 3 nitrogen and oxygen atoms in total. The highest BCUT2D eigenvalue weighted by molar-refractivity contribution is 5.68. The van der Waals surface area contributed by atoms with Crippen molar-refractivity contribution in [3.8, 4) is 0 Å². The lowest BCUT2D eigenvalue weighted by Gasteiger charge is -2.28. The summed E-state index contributed by atoms with van der Waals surface area (Å²) in [5.74, 6) is 0.525. The quantitative estimate of drug-likeness (QED) is 0.720. The summed E-state index contributed by atoms with van der Waals surface area (Å²) < 4.78 is 5.32. The number of carbonyl (C=O) groups excluding carboxylic acids is 1. The molecule has 0 spiro atoms. The standard InChI is InChI=1S/C12H25NO2/c1-7-10(3)9-13(8-2)11(14)15-12(4,5)6/h10H,7-9H2,1-6H3. The number of hydrogen-bond acceptors (Lipinski definition) is 2. The molecule has 0 rings (SSSR count). The first kappa shape index (κ1) is 14.3. The summed E-state index contributed by atoms with van der Waals surface area (Å²) in [4.78, 5) is 13.5. The van der Waals surface area contributed by atoms with Crippen LogP contribution in [0.3, 0.4) is 0 Å². The van der Waals surface area contributed by atoms with Crippen molar-refractivity contribution in [1.29, 1.82) is 0 Å². The summed E-state index contributed by atoms with van der Waals surface area (Å²) >= 11 is 0. The Morgan fingerprint density at radius 2 is 1.87 bits per heavy atom. The summed E-state index contributed by atoms with van der Waals surface area (Å²) in [7, 11) is 0. The lowest BCUT2D eigenvalue weighted by atomic mass is 10.1. The fraction of sp³-hybridized carbons (Fsp3) is 0.917. The number of ether oxygens (including phenoxy) is 1. The molecule has 0 aromatic carbocycles. The molecule has 1 unspecified atom stereocenters. The second-order valence-corrected chi connectivity index (χ2v) is 5.03. The zero-order valence-corrected chi connectivity index (χ0v) is 11.0. The smallest absolute Gasteiger partial charge is 0.410 e. The number of nitrogens with zero attached hydrogens (tertiary/aromatic N) is 1. The Hall–Kier alpha value is -0.730. The van der Waals surface area contributed by atoms with Gasteiger partial charge in [0.1, 0.15) is 5.60 Å². The Morgan fingerprint density at radius 3 is 2.20 bits per heavy atom. The highest BCUT2D eigenvalue weighted by atomic mass is 16.6. The molecule has 1 amide bonds. The Labute approximate surface area is 93.8 Å². The summed E-state index contributed by atoms with van der Waals surface area (Å²) in [5.41, 5.74) is -0.403. The molecular formula is C12H25NO2. The van der Waals surface area contributed by atoms with Gasteiger partial charge in [-0.15, -0.1) is 0 Å². The normalized spacial score (nSPS) is 13.5. The van der Waals surface area contributed by atoms with Crippen LogP contribution in [-0.2, 0) is 4.74 Å². The van der Waals surface area contributed by atoms with Crippen molar-refractivity contribution < 1.29 is 9.53 Å². The van der Waals surface area contributed by atoms with Crippen LogP contribution in [-0.4, -0.2) is 29.7 Å². The molecule has 90 valence electrons. The SMILES string of the molecule is CCC(C)CN(CC)C(=O)OC(C)(C)C. The van der Waals surface area contributed by atoms with Gasteiger partial charge in [0, 0.05) is 13.1 Å². The average molecular weight is 215 g/mol. The van der Waals surface area contributed by atoms with E-state index in [4.69, 9.17) is 4.74 Å². The molecular weight excluding hydrogens is 190 g/mol. The second-order valence-electron chi connectivity index (χ2n) is 5.03. The van der Waals surface area contributed by atoms with Gasteiger partial charge in [-0.25, -0.2) is 4.79 Å². The molecule has 0 aliphatic carbocycles. The van der Waals surface area contributed by atoms with Gasteiger partial charge in [-0.1, -0.05) is 20.3 Å². The zero-order chi connectivity index (χ0) is 12.1. The van der Waals surface area contributed by atoms with Crippen molar-refractivity contribution in [2.24, 2.45) is 5.92 Å². The van der Waals surface area contributed by atoms with Gasteiger partial charge >= 0.3 is 6.09 Å². The van der Waals surface area contributed by atoms with Crippen molar-refractivity contribution in [2.75, 3.05) is 13.1 Å². The van der Waals surface area contributed by atoms with Gasteiger partial charge in [0.25, 0.3) is 0 Å². The topological polar surface area (TPSA) is 29.5 Å². The lowest BCUT2D eigenvalue weighted by molar-refractivity contribution is 0.0234. The van der Waals surface area contributed by atoms with E-state index in [0.29, 0.717) is 12.5 Å². The van der Waals surface area contributed by atoms with Crippen LogP contribution in [0.1, 0.15) is 48.0 Å². The van der Waals surface area contributed by atoms with Crippen LogP contribution in [0.4, 0.5) is 4.79 Å². The van der Waals surface area contributed by atoms with Crippen LogP contribution in [0, 0.1) is 5.92 Å². The summed E-state index contributed by atoms with van der Waals surface area (Å²) in [5, 5.41) is 0. The van der Waals surface area contributed by atoms with Gasteiger partial charge in [0.15, 0.2) is 0 Å². The monoisotopic (exact) mass is 215 g/mol. The maximum absolute atomic E-state index is 11.7. The molecule has 0 radical (unpaired) electrons.